The summed E-state index contributed by atoms with van der Waals surface area (Å²) in [5.74, 6) is 1.02. The van der Waals surface area contributed by atoms with E-state index >= 15 is 0 Å². The molecule has 1 aromatic heterocycles. The predicted molar refractivity (Wildman–Crippen MR) is 80.6 cm³/mol. The Kier molecular flexibility index (Phi) is 4.71. The number of hydrogen-bond acceptors (Lipinski definition) is 5. The number of anilines is 1. The molecule has 0 unspecified atom stereocenters. The first-order chi connectivity index (χ1) is 10.2. The monoisotopic (exact) mass is 286 g/mol. The fraction of sp³-hybridized carbons (Fsp3) is 0.267. The Morgan fingerprint density at radius 1 is 1.29 bits per heavy atom. The number of aromatic nitrogens is 2. The van der Waals surface area contributed by atoms with Crippen LogP contribution < -0.4 is 15.8 Å². The molecule has 21 heavy (non-hydrogen) atoms. The van der Waals surface area contributed by atoms with Crippen LogP contribution in [0.1, 0.15) is 29.8 Å². The number of carbonyl (C=O) groups is 1. The van der Waals surface area contributed by atoms with Crippen molar-refractivity contribution in [2.45, 2.75) is 20.3 Å². The maximum absolute atomic E-state index is 11.4. The van der Waals surface area contributed by atoms with Gasteiger partial charge in [-0.25, -0.2) is 9.97 Å². The van der Waals surface area contributed by atoms with E-state index in [1.165, 1.54) is 6.33 Å². The summed E-state index contributed by atoms with van der Waals surface area (Å²) in [6, 6.07) is 6.82. The first-order valence-electron chi connectivity index (χ1n) is 6.81. The van der Waals surface area contributed by atoms with Crippen LogP contribution in [0, 0.1) is 0 Å². The number of nitrogens with two attached hydrogens (primary N) is 1. The molecule has 0 bridgehead atoms. The fourth-order valence-electron chi connectivity index (χ4n) is 1.99. The molecule has 6 nitrogen and oxygen atoms in total. The van der Waals surface area contributed by atoms with Gasteiger partial charge in [0, 0.05) is 6.54 Å². The largest absolute Gasteiger partial charge is 0.438 e. The van der Waals surface area contributed by atoms with Crippen molar-refractivity contribution >= 4 is 11.7 Å². The van der Waals surface area contributed by atoms with Crippen molar-refractivity contribution in [3.8, 4) is 11.6 Å². The molecule has 3 N–H and O–H groups in total. The minimum Gasteiger partial charge on any atom is -0.438 e. The Labute approximate surface area is 123 Å². The van der Waals surface area contributed by atoms with Crippen LogP contribution in [0.15, 0.2) is 30.6 Å². The average molecular weight is 286 g/mol. The second-order valence-corrected chi connectivity index (χ2v) is 4.35. The van der Waals surface area contributed by atoms with Crippen LogP contribution in [-0.2, 0) is 6.42 Å². The van der Waals surface area contributed by atoms with Gasteiger partial charge in [0.25, 0.3) is 5.91 Å². The number of hydrogen-bond donors (Lipinski definition) is 2. The second kappa shape index (κ2) is 6.69. The number of nitrogens with one attached hydrogen (secondary N) is 1. The van der Waals surface area contributed by atoms with E-state index in [4.69, 9.17) is 10.5 Å². The Morgan fingerprint density at radius 3 is 2.71 bits per heavy atom. The standard InChI is InChI=1S/C15H18N4O2/c1-3-10-14(17-4-2)18-9-19-15(10)21-12-8-6-5-7-11(12)13(16)20/h5-9H,3-4H2,1-2H3,(H2,16,20)(H,17,18,19). The third kappa shape index (κ3) is 3.28. The lowest BCUT2D eigenvalue weighted by Gasteiger charge is -2.14. The van der Waals surface area contributed by atoms with Gasteiger partial charge in [0.15, 0.2) is 0 Å². The molecule has 0 atom stereocenters. The highest BCUT2D eigenvalue weighted by Gasteiger charge is 2.14. The van der Waals surface area contributed by atoms with Gasteiger partial charge in [0.2, 0.25) is 5.88 Å². The number of ether oxygens (including phenoxy) is 1. The molecule has 0 aliphatic carbocycles. The molecule has 1 aromatic carbocycles. The summed E-state index contributed by atoms with van der Waals surface area (Å²) in [6.07, 6.45) is 2.14. The maximum atomic E-state index is 11.4. The third-order valence-electron chi connectivity index (χ3n) is 2.96. The zero-order valence-electron chi connectivity index (χ0n) is 12.1. The van der Waals surface area contributed by atoms with Crippen LogP contribution in [0.4, 0.5) is 5.82 Å². The number of rotatable bonds is 6. The Hall–Kier alpha value is -2.63. The molecule has 1 heterocycles. The van der Waals surface area contributed by atoms with Crippen molar-refractivity contribution in [2.24, 2.45) is 5.73 Å². The lowest BCUT2D eigenvalue weighted by Crippen LogP contribution is -2.12. The summed E-state index contributed by atoms with van der Waals surface area (Å²) in [4.78, 5) is 19.8. The predicted octanol–water partition coefficient (Wildman–Crippen LogP) is 2.36. The number of carbonyl (C=O) groups excluding carboxylic acids is 1. The summed E-state index contributed by atoms with van der Waals surface area (Å²) < 4.78 is 5.79. The molecular formula is C15H18N4O2. The normalized spacial score (nSPS) is 10.2. The molecule has 110 valence electrons. The zero-order chi connectivity index (χ0) is 15.2. The van der Waals surface area contributed by atoms with Gasteiger partial charge < -0.3 is 15.8 Å². The van der Waals surface area contributed by atoms with E-state index in [0.717, 1.165) is 17.9 Å². The summed E-state index contributed by atoms with van der Waals surface area (Å²) in [6.45, 7) is 4.73. The van der Waals surface area contributed by atoms with Crippen LogP contribution >= 0.6 is 0 Å². The summed E-state index contributed by atoms with van der Waals surface area (Å²) in [5, 5.41) is 3.17. The molecule has 0 radical (unpaired) electrons. The molecule has 0 spiro atoms. The quantitative estimate of drug-likeness (QED) is 0.850. The Bertz CT molecular complexity index is 643. The third-order valence-corrected chi connectivity index (χ3v) is 2.96. The maximum Gasteiger partial charge on any atom is 0.252 e. The molecule has 0 saturated heterocycles. The minimum atomic E-state index is -0.537. The molecule has 0 aliphatic rings. The average Bonchev–Trinajstić information content (AvgIpc) is 2.48. The van der Waals surface area contributed by atoms with E-state index in [-0.39, 0.29) is 0 Å². The highest BCUT2D eigenvalue weighted by molar-refractivity contribution is 5.95. The van der Waals surface area contributed by atoms with Crippen LogP contribution in [0.3, 0.4) is 0 Å². The van der Waals surface area contributed by atoms with E-state index in [1.807, 2.05) is 13.8 Å². The lowest BCUT2D eigenvalue weighted by molar-refractivity contribution is 0.0998. The van der Waals surface area contributed by atoms with Gasteiger partial charge in [0.1, 0.15) is 17.9 Å². The van der Waals surface area contributed by atoms with E-state index in [2.05, 4.69) is 15.3 Å². The minimum absolute atomic E-state index is 0.322. The van der Waals surface area contributed by atoms with Gasteiger partial charge in [-0.15, -0.1) is 0 Å². The van der Waals surface area contributed by atoms with Crippen LogP contribution in [0.2, 0.25) is 0 Å². The lowest BCUT2D eigenvalue weighted by atomic mass is 10.2. The van der Waals surface area contributed by atoms with Gasteiger partial charge in [-0.2, -0.15) is 0 Å². The summed E-state index contributed by atoms with van der Waals surface area (Å²) >= 11 is 0. The highest BCUT2D eigenvalue weighted by Crippen LogP contribution is 2.29. The van der Waals surface area contributed by atoms with Gasteiger partial charge in [-0.3, -0.25) is 4.79 Å². The number of benzene rings is 1. The van der Waals surface area contributed by atoms with E-state index in [0.29, 0.717) is 23.6 Å². The number of nitrogens with zero attached hydrogens (tertiary/aromatic N) is 2. The van der Waals surface area contributed by atoms with Gasteiger partial charge in [-0.05, 0) is 25.5 Å². The van der Waals surface area contributed by atoms with E-state index in [1.54, 1.807) is 24.3 Å². The van der Waals surface area contributed by atoms with Crippen molar-refractivity contribution in [3.63, 3.8) is 0 Å². The SMILES string of the molecule is CCNc1ncnc(Oc2ccccc2C(N)=O)c1CC. The zero-order valence-corrected chi connectivity index (χ0v) is 12.1. The number of amides is 1. The Morgan fingerprint density at radius 2 is 2.05 bits per heavy atom. The van der Waals surface area contributed by atoms with Crippen molar-refractivity contribution < 1.29 is 9.53 Å². The van der Waals surface area contributed by atoms with Crippen molar-refractivity contribution in [3.05, 3.63) is 41.7 Å². The second-order valence-electron chi connectivity index (χ2n) is 4.35. The van der Waals surface area contributed by atoms with Crippen LogP contribution in [-0.4, -0.2) is 22.4 Å². The van der Waals surface area contributed by atoms with E-state index < -0.39 is 5.91 Å². The molecule has 2 rings (SSSR count). The number of para-hydroxylation sites is 1. The summed E-state index contributed by atoms with van der Waals surface area (Å²) in [5.41, 5.74) is 6.53. The molecule has 0 saturated carbocycles. The van der Waals surface area contributed by atoms with Crippen molar-refractivity contribution in [1.29, 1.82) is 0 Å². The molecule has 2 aromatic rings. The molecule has 1 amide bonds. The first kappa shape index (κ1) is 14.8. The van der Waals surface area contributed by atoms with Crippen molar-refractivity contribution in [2.75, 3.05) is 11.9 Å². The van der Waals surface area contributed by atoms with Crippen molar-refractivity contribution in [1.82, 2.24) is 9.97 Å². The highest BCUT2D eigenvalue weighted by atomic mass is 16.5. The van der Waals surface area contributed by atoms with Gasteiger partial charge in [0.05, 0.1) is 11.1 Å². The molecular weight excluding hydrogens is 268 g/mol. The van der Waals surface area contributed by atoms with Crippen LogP contribution in [0.5, 0.6) is 11.6 Å². The van der Waals surface area contributed by atoms with Gasteiger partial charge >= 0.3 is 0 Å². The van der Waals surface area contributed by atoms with Gasteiger partial charge in [-0.1, -0.05) is 19.1 Å². The van der Waals surface area contributed by atoms with Crippen LogP contribution in [0.25, 0.3) is 0 Å². The molecule has 0 aliphatic heterocycles. The Balaban J connectivity index is 2.40. The topological polar surface area (TPSA) is 90.1 Å². The molecule has 0 fully saturated rings. The molecule has 6 heteroatoms. The number of primary amides is 1. The first-order valence-corrected chi connectivity index (χ1v) is 6.81. The smallest absolute Gasteiger partial charge is 0.252 e. The fourth-order valence-corrected chi connectivity index (χ4v) is 1.99. The van der Waals surface area contributed by atoms with E-state index in [9.17, 15) is 4.79 Å². The summed E-state index contributed by atoms with van der Waals surface area (Å²) in [7, 11) is 0.